The second kappa shape index (κ2) is 8.12. The van der Waals surface area contributed by atoms with Gasteiger partial charge in [0, 0.05) is 19.2 Å². The van der Waals surface area contributed by atoms with Crippen LogP contribution in [-0.4, -0.2) is 54.3 Å². The summed E-state index contributed by atoms with van der Waals surface area (Å²) in [4.78, 5) is 25.9. The molecular formula is C16H21N7O3. The van der Waals surface area contributed by atoms with Crippen molar-refractivity contribution in [1.82, 2.24) is 9.97 Å². The van der Waals surface area contributed by atoms with Crippen LogP contribution in [-0.2, 0) is 0 Å². The molecule has 0 saturated heterocycles. The van der Waals surface area contributed by atoms with Crippen molar-refractivity contribution >= 4 is 23.5 Å². The number of aromatic nitrogens is 2. The molecule has 26 heavy (non-hydrogen) atoms. The van der Waals surface area contributed by atoms with E-state index >= 15 is 0 Å². The molecular weight excluding hydrogens is 338 g/mol. The third-order valence-electron chi connectivity index (χ3n) is 3.50. The molecule has 2 aromatic rings. The number of nitrogens with zero attached hydrogens (tertiary/aromatic N) is 4. The number of guanidine groups is 1. The number of ether oxygens (including phenoxy) is 1. The minimum absolute atomic E-state index is 0.0885. The zero-order valence-corrected chi connectivity index (χ0v) is 14.5. The molecule has 0 unspecified atom stereocenters. The molecule has 1 heterocycles. The number of aliphatic hydroxyl groups excluding tert-OH is 1. The molecule has 0 aliphatic rings. The number of benzene rings is 1. The molecule has 0 aliphatic carbocycles. The quantitative estimate of drug-likeness (QED) is 0.395. The fraction of sp³-hybridized carbons (Fsp3) is 0.250. The van der Waals surface area contributed by atoms with E-state index in [0.29, 0.717) is 29.4 Å². The van der Waals surface area contributed by atoms with Crippen molar-refractivity contribution in [2.75, 3.05) is 37.9 Å². The lowest BCUT2D eigenvalue weighted by atomic mass is 10.1. The van der Waals surface area contributed by atoms with Crippen LogP contribution in [0.3, 0.4) is 0 Å². The Morgan fingerprint density at radius 2 is 1.92 bits per heavy atom. The first kappa shape index (κ1) is 18.9. The number of nitrogen functional groups attached to an aromatic ring is 1. The minimum atomic E-state index is -0.791. The number of anilines is 2. The van der Waals surface area contributed by atoms with Gasteiger partial charge in [-0.1, -0.05) is 0 Å². The van der Waals surface area contributed by atoms with Gasteiger partial charge >= 0.3 is 5.91 Å². The Bertz CT molecular complexity index is 817. The zero-order chi connectivity index (χ0) is 19.3. The lowest BCUT2D eigenvalue weighted by molar-refractivity contribution is 0.0998. The average molecular weight is 359 g/mol. The van der Waals surface area contributed by atoms with E-state index in [9.17, 15) is 9.90 Å². The van der Waals surface area contributed by atoms with Gasteiger partial charge in [0.1, 0.15) is 11.4 Å². The Morgan fingerprint density at radius 1 is 1.27 bits per heavy atom. The number of aliphatic hydroxyl groups is 1. The number of hydrogen-bond donors (Lipinski definition) is 4. The third kappa shape index (κ3) is 4.16. The molecule has 10 nitrogen and oxygen atoms in total. The molecule has 2 rings (SSSR count). The largest absolute Gasteiger partial charge is 0.497 e. The van der Waals surface area contributed by atoms with Gasteiger partial charge in [-0.3, -0.25) is 4.79 Å². The normalized spacial score (nSPS) is 10.3. The first-order valence-electron chi connectivity index (χ1n) is 7.65. The van der Waals surface area contributed by atoms with E-state index < -0.39 is 11.9 Å². The van der Waals surface area contributed by atoms with E-state index in [2.05, 4.69) is 15.0 Å². The summed E-state index contributed by atoms with van der Waals surface area (Å²) < 4.78 is 5.15. The Hall–Kier alpha value is -3.40. The fourth-order valence-corrected chi connectivity index (χ4v) is 2.23. The molecule has 1 aromatic heterocycles. The van der Waals surface area contributed by atoms with Gasteiger partial charge in [-0.2, -0.15) is 4.99 Å². The van der Waals surface area contributed by atoms with Crippen LogP contribution in [0, 0.1) is 0 Å². The van der Waals surface area contributed by atoms with Gasteiger partial charge in [-0.25, -0.2) is 9.97 Å². The van der Waals surface area contributed by atoms with E-state index in [-0.39, 0.29) is 18.1 Å². The minimum Gasteiger partial charge on any atom is -0.497 e. The van der Waals surface area contributed by atoms with Gasteiger partial charge in [0.15, 0.2) is 23.3 Å². The van der Waals surface area contributed by atoms with Crippen molar-refractivity contribution in [1.29, 1.82) is 0 Å². The number of nitrogens with two attached hydrogens (primary N) is 3. The SMILES string of the molecule is COc1ccc(-c2nc(C(=O)N=C(N)N)c(N)nc2N(C)CCO)cc1. The smallest absolute Gasteiger partial charge is 0.302 e. The highest BCUT2D eigenvalue weighted by Gasteiger charge is 2.21. The number of hydrogen-bond acceptors (Lipinski definition) is 7. The number of rotatable bonds is 6. The summed E-state index contributed by atoms with van der Waals surface area (Å²) in [6.45, 7) is 0.216. The van der Waals surface area contributed by atoms with Crippen molar-refractivity contribution in [3.63, 3.8) is 0 Å². The van der Waals surface area contributed by atoms with Crippen molar-refractivity contribution in [3.05, 3.63) is 30.0 Å². The van der Waals surface area contributed by atoms with Gasteiger partial charge in [0.05, 0.1) is 13.7 Å². The van der Waals surface area contributed by atoms with Crippen LogP contribution in [0.15, 0.2) is 29.3 Å². The molecule has 0 radical (unpaired) electrons. The summed E-state index contributed by atoms with van der Waals surface area (Å²) >= 11 is 0. The summed E-state index contributed by atoms with van der Waals surface area (Å²) in [5.41, 5.74) is 17.3. The van der Waals surface area contributed by atoms with Crippen LogP contribution < -0.4 is 26.8 Å². The Balaban J connectivity index is 2.63. The summed E-state index contributed by atoms with van der Waals surface area (Å²) in [5, 5.41) is 9.20. The molecule has 0 fully saturated rings. The molecule has 0 spiro atoms. The van der Waals surface area contributed by atoms with Crippen LogP contribution in [0.1, 0.15) is 10.5 Å². The number of likely N-dealkylation sites (N-methyl/N-ethyl adjacent to an activating group) is 1. The van der Waals surface area contributed by atoms with Crippen LogP contribution in [0.4, 0.5) is 11.6 Å². The molecule has 0 saturated carbocycles. The highest BCUT2D eigenvalue weighted by Crippen LogP contribution is 2.30. The van der Waals surface area contributed by atoms with Crippen molar-refractivity contribution in [2.24, 2.45) is 16.5 Å². The Kier molecular flexibility index (Phi) is 5.91. The zero-order valence-electron chi connectivity index (χ0n) is 14.5. The predicted molar refractivity (Wildman–Crippen MR) is 98.9 cm³/mol. The number of methoxy groups -OCH3 is 1. The van der Waals surface area contributed by atoms with E-state index in [1.807, 2.05) is 0 Å². The first-order valence-corrected chi connectivity index (χ1v) is 7.65. The topological polar surface area (TPSA) is 166 Å². The van der Waals surface area contributed by atoms with Gasteiger partial charge in [-0.05, 0) is 24.3 Å². The molecule has 1 amide bonds. The Morgan fingerprint density at radius 3 is 2.46 bits per heavy atom. The van der Waals surface area contributed by atoms with Crippen molar-refractivity contribution in [3.8, 4) is 17.0 Å². The Labute approximate surface area is 150 Å². The highest BCUT2D eigenvalue weighted by molar-refractivity contribution is 6.03. The first-order chi connectivity index (χ1) is 12.4. The molecule has 0 bridgehead atoms. The third-order valence-corrected chi connectivity index (χ3v) is 3.50. The standard InChI is InChI=1S/C16H21N7O3/c1-23(7-8-24)14-11(9-3-5-10(26-2)6-4-9)20-12(13(17)21-14)15(25)22-16(18)19/h3-6,24H,7-8H2,1-2H3,(H2,17,21)(H4,18,19,22,25). The van der Waals surface area contributed by atoms with E-state index in [1.165, 1.54) is 0 Å². The number of aliphatic imine (C=N–C) groups is 1. The number of amides is 1. The molecule has 10 heteroatoms. The van der Waals surface area contributed by atoms with Gasteiger partial charge in [0.2, 0.25) is 0 Å². The van der Waals surface area contributed by atoms with E-state index in [4.69, 9.17) is 21.9 Å². The van der Waals surface area contributed by atoms with Gasteiger partial charge < -0.3 is 31.9 Å². The maximum absolute atomic E-state index is 12.2. The second-order valence-corrected chi connectivity index (χ2v) is 5.35. The maximum Gasteiger partial charge on any atom is 0.302 e. The predicted octanol–water partition coefficient (Wildman–Crippen LogP) is -0.423. The molecule has 138 valence electrons. The summed E-state index contributed by atoms with van der Waals surface area (Å²) in [7, 11) is 3.29. The van der Waals surface area contributed by atoms with Crippen LogP contribution in [0.2, 0.25) is 0 Å². The van der Waals surface area contributed by atoms with E-state index in [0.717, 1.165) is 0 Å². The van der Waals surface area contributed by atoms with Crippen LogP contribution in [0.25, 0.3) is 11.3 Å². The summed E-state index contributed by atoms with van der Waals surface area (Å²) in [6, 6.07) is 7.04. The number of carbonyl (C=O) groups is 1. The highest BCUT2D eigenvalue weighted by atomic mass is 16.5. The summed E-state index contributed by atoms with van der Waals surface area (Å²) in [5.74, 6) is -0.232. The lowest BCUT2D eigenvalue weighted by Crippen LogP contribution is -2.26. The monoisotopic (exact) mass is 359 g/mol. The van der Waals surface area contributed by atoms with E-state index in [1.54, 1.807) is 43.3 Å². The average Bonchev–Trinajstić information content (AvgIpc) is 2.61. The van der Waals surface area contributed by atoms with Crippen molar-refractivity contribution < 1.29 is 14.6 Å². The molecule has 0 aliphatic heterocycles. The van der Waals surface area contributed by atoms with Gasteiger partial charge in [-0.15, -0.1) is 0 Å². The number of carbonyl (C=O) groups excluding carboxylic acids is 1. The fourth-order valence-electron chi connectivity index (χ4n) is 2.23. The molecule has 0 atom stereocenters. The van der Waals surface area contributed by atoms with Gasteiger partial charge in [0.25, 0.3) is 0 Å². The van der Waals surface area contributed by atoms with Crippen LogP contribution in [0.5, 0.6) is 5.75 Å². The molecule has 1 aromatic carbocycles. The van der Waals surface area contributed by atoms with Crippen LogP contribution >= 0.6 is 0 Å². The lowest BCUT2D eigenvalue weighted by Gasteiger charge is -2.21. The summed E-state index contributed by atoms with van der Waals surface area (Å²) in [6.07, 6.45) is 0. The maximum atomic E-state index is 12.2. The van der Waals surface area contributed by atoms with Crippen molar-refractivity contribution in [2.45, 2.75) is 0 Å². The second-order valence-electron chi connectivity index (χ2n) is 5.35. The molecule has 7 N–H and O–H groups in total.